The van der Waals surface area contributed by atoms with Crippen LogP contribution in [0.2, 0.25) is 0 Å². The summed E-state index contributed by atoms with van der Waals surface area (Å²) in [5.74, 6) is 0.128. The molecule has 8 rings (SSSR count). The highest BCUT2D eigenvalue weighted by atomic mass is 32.3. The van der Waals surface area contributed by atoms with Crippen LogP contribution in [0.5, 0.6) is 23.0 Å². The summed E-state index contributed by atoms with van der Waals surface area (Å²) >= 11 is 0. The second-order valence-electron chi connectivity index (χ2n) is 16.6. The van der Waals surface area contributed by atoms with Gasteiger partial charge in [-0.3, -0.25) is 9.59 Å². The molecule has 2 amide bonds. The molecule has 0 bridgehead atoms. The van der Waals surface area contributed by atoms with Crippen molar-refractivity contribution in [2.24, 2.45) is 0 Å². The summed E-state index contributed by atoms with van der Waals surface area (Å²) in [6.07, 6.45) is 1.21. The molecule has 4 aromatic carbocycles. The van der Waals surface area contributed by atoms with E-state index >= 15 is 0 Å². The molecule has 4 heterocycles. The number of hydrogen-bond donors (Lipinski definition) is 3. The third-order valence-corrected chi connectivity index (χ3v) is 14.4. The van der Waals surface area contributed by atoms with Crippen molar-refractivity contribution in [2.75, 3.05) is 13.2 Å². The molecule has 0 saturated heterocycles. The maximum atomic E-state index is 12.9. The largest absolute Gasteiger partial charge is 0.534 e. The van der Waals surface area contributed by atoms with Gasteiger partial charge in [0.25, 0.3) is 11.8 Å². The average Bonchev–Trinajstić information content (AvgIpc) is 3.96. The third kappa shape index (κ3) is 12.4. The Morgan fingerprint density at radius 2 is 0.973 bits per heavy atom. The zero-order valence-corrected chi connectivity index (χ0v) is 41.0. The molecular formula is C45H41F9N2O15S3. The van der Waals surface area contributed by atoms with Crippen molar-refractivity contribution in [2.45, 2.75) is 81.0 Å². The number of carbonyl (C=O) groups is 2. The summed E-state index contributed by atoms with van der Waals surface area (Å²) in [5, 5.41) is 17.0. The highest BCUT2D eigenvalue weighted by Crippen LogP contribution is 2.40. The van der Waals surface area contributed by atoms with E-state index in [2.05, 4.69) is 28.7 Å². The monoisotopic (exact) mass is 1120 g/mol. The number of alkyl halides is 9. The quantitative estimate of drug-likeness (QED) is 0.0656. The van der Waals surface area contributed by atoms with Gasteiger partial charge in [-0.25, -0.2) is 0 Å². The lowest BCUT2D eigenvalue weighted by molar-refractivity contribution is -0.0586. The van der Waals surface area contributed by atoms with Gasteiger partial charge in [-0.15, -0.1) is 3.63 Å². The Labute approximate surface area is 414 Å². The smallest absolute Gasteiger partial charge is 0.504 e. The first-order chi connectivity index (χ1) is 34.2. The first kappa shape index (κ1) is 56.6. The molecule has 29 heteroatoms. The molecule has 0 unspecified atom stereocenters. The Hall–Kier alpha value is -6.72. The average molecular weight is 1120 g/mol. The van der Waals surface area contributed by atoms with Crippen molar-refractivity contribution in [3.8, 4) is 23.0 Å². The van der Waals surface area contributed by atoms with Crippen LogP contribution in [0.1, 0.15) is 108 Å². The fourth-order valence-electron chi connectivity index (χ4n) is 7.35. The Morgan fingerprint density at radius 1 is 0.581 bits per heavy atom. The molecule has 3 N–H and O–H groups in total. The number of nitrogens with one attached hydrogen (secondary N) is 2. The van der Waals surface area contributed by atoms with E-state index in [9.17, 15) is 79.5 Å². The van der Waals surface area contributed by atoms with Gasteiger partial charge in [0.05, 0.1) is 25.3 Å². The minimum atomic E-state index is -6.85. The molecule has 2 aliphatic rings. The second kappa shape index (κ2) is 21.3. The van der Waals surface area contributed by atoms with Crippen LogP contribution in [0.25, 0.3) is 21.9 Å². The number of benzene rings is 4. The van der Waals surface area contributed by atoms with E-state index in [0.29, 0.717) is 43.0 Å². The fourth-order valence-corrected chi connectivity index (χ4v) is 9.37. The number of phenolic OH excluding ortho intramolecular Hbond substituents is 1. The molecule has 0 saturated carbocycles. The number of halogens is 9. The summed E-state index contributed by atoms with van der Waals surface area (Å²) in [6, 6.07) is 23.6. The van der Waals surface area contributed by atoms with Gasteiger partial charge in [0, 0.05) is 34.7 Å². The highest BCUT2D eigenvalue weighted by molar-refractivity contribution is 8.00. The first-order valence-electron chi connectivity index (χ1n) is 21.4. The van der Waals surface area contributed by atoms with Crippen LogP contribution in [-0.4, -0.2) is 71.9 Å². The van der Waals surface area contributed by atoms with Crippen LogP contribution >= 0.6 is 0 Å². The minimum Gasteiger partial charge on any atom is -0.504 e. The standard InChI is InChI=1S/C22H20F3NO6S.C21H21NO4.C2F6O5S2/c1-12(2)13-7-8-18(32-33(28,29)22(23,24)25)20-15(13)11-19(31-20)21(27)26-16-9-10-30-17-6-4-3-5-14(16)17;1-12(2)13-7-8-17(23)20-15(13)11-19(26-20)21(24)22-16-9-10-25-18-6-4-3-5-14(16)18;3-1(4,5)14(9,10)13-15(11,12)2(6,7)8/h3-8,11-12,16H,9-10H2,1-2H3,(H,26,27);3-8,11-12,16,23H,9-10H2,1-2H3,(H,22,24);/t2*16-;/m00./s1. The van der Waals surface area contributed by atoms with Crippen molar-refractivity contribution in [1.82, 2.24) is 10.6 Å². The van der Waals surface area contributed by atoms with E-state index in [-0.39, 0.29) is 58.1 Å². The second-order valence-corrected chi connectivity index (χ2v) is 21.4. The van der Waals surface area contributed by atoms with E-state index < -0.39 is 58.5 Å². The van der Waals surface area contributed by atoms with Gasteiger partial charge in [0.15, 0.2) is 34.2 Å². The normalized spacial score (nSPS) is 16.1. The van der Waals surface area contributed by atoms with Crippen LogP contribution in [0.3, 0.4) is 0 Å². The maximum Gasteiger partial charge on any atom is 0.534 e. The Bertz CT molecular complexity index is 3360. The zero-order valence-electron chi connectivity index (χ0n) is 38.5. The number of aromatic hydroxyl groups is 1. The van der Waals surface area contributed by atoms with Gasteiger partial charge in [-0.05, 0) is 59.4 Å². The van der Waals surface area contributed by atoms with Crippen molar-refractivity contribution in [3.05, 3.63) is 119 Å². The van der Waals surface area contributed by atoms with E-state index in [0.717, 1.165) is 33.9 Å². The van der Waals surface area contributed by atoms with Crippen molar-refractivity contribution in [3.63, 3.8) is 0 Å². The van der Waals surface area contributed by atoms with Gasteiger partial charge in [-0.2, -0.15) is 64.8 Å². The van der Waals surface area contributed by atoms with Crippen LogP contribution < -0.4 is 24.3 Å². The molecule has 402 valence electrons. The lowest BCUT2D eigenvalue weighted by Gasteiger charge is -2.26. The molecular weight excluding hydrogens is 1080 g/mol. The zero-order chi connectivity index (χ0) is 54.9. The molecule has 17 nitrogen and oxygen atoms in total. The Morgan fingerprint density at radius 3 is 1.39 bits per heavy atom. The van der Waals surface area contributed by atoms with Crippen molar-refractivity contribution < 1.29 is 106 Å². The molecule has 0 spiro atoms. The van der Waals surface area contributed by atoms with E-state index in [1.54, 1.807) is 18.2 Å². The Balaban J connectivity index is 0.000000194. The summed E-state index contributed by atoms with van der Waals surface area (Å²) in [7, 11) is -19.6. The van der Waals surface area contributed by atoms with E-state index in [1.165, 1.54) is 12.1 Å². The van der Waals surface area contributed by atoms with Gasteiger partial charge in [-0.1, -0.05) is 76.2 Å². The molecule has 0 radical (unpaired) electrons. The molecule has 2 aliphatic heterocycles. The van der Waals surface area contributed by atoms with Gasteiger partial charge < -0.3 is 38.2 Å². The number of amides is 2. The lowest BCUT2D eigenvalue weighted by atomic mass is 9.99. The molecule has 2 atom stereocenters. The van der Waals surface area contributed by atoms with E-state index in [1.807, 2.05) is 66.0 Å². The summed E-state index contributed by atoms with van der Waals surface area (Å²) < 4.78 is 198. The number of hydrogen-bond acceptors (Lipinski definition) is 15. The number of rotatable bonds is 10. The molecule has 2 aromatic heterocycles. The maximum absolute atomic E-state index is 12.9. The van der Waals surface area contributed by atoms with Crippen LogP contribution in [0, 0.1) is 0 Å². The molecule has 0 fully saturated rings. The topological polar surface area (TPSA) is 244 Å². The number of fused-ring (bicyclic) bond motifs is 4. The van der Waals surface area contributed by atoms with Crippen molar-refractivity contribution in [1.29, 1.82) is 0 Å². The number of ether oxygens (including phenoxy) is 2. The summed E-state index contributed by atoms with van der Waals surface area (Å²) in [6.45, 7) is 8.77. The van der Waals surface area contributed by atoms with Crippen molar-refractivity contribution >= 4 is 64.1 Å². The van der Waals surface area contributed by atoms with Crippen LogP contribution in [0.15, 0.2) is 93.8 Å². The van der Waals surface area contributed by atoms with Crippen LogP contribution in [0.4, 0.5) is 39.5 Å². The molecule has 74 heavy (non-hydrogen) atoms. The predicted octanol–water partition coefficient (Wildman–Crippen LogP) is 10.3. The number of carbonyl (C=O) groups excluding carboxylic acids is 2. The Kier molecular flexibility index (Phi) is 16.2. The highest BCUT2D eigenvalue weighted by Gasteiger charge is 2.57. The van der Waals surface area contributed by atoms with Crippen LogP contribution in [-0.2, 0) is 34.0 Å². The third-order valence-electron chi connectivity index (χ3n) is 10.8. The summed E-state index contributed by atoms with van der Waals surface area (Å²) in [5.41, 5.74) is -14.6. The van der Waals surface area contributed by atoms with E-state index in [4.69, 9.17) is 18.3 Å². The SMILES string of the molecule is CC(C)c1ccc(O)c2oc(C(=O)N[C@H]3CCOc4ccccc43)cc12.CC(C)c1ccc(OS(=O)(=O)C(F)(F)F)c2oc(C(=O)N[C@H]3CCOc4ccccc43)cc12.O=S(=O)(OS(=O)(=O)C(F)(F)F)C(F)(F)F. The number of para-hydroxylation sites is 2. The first-order valence-corrected chi connectivity index (χ1v) is 25.7. The summed E-state index contributed by atoms with van der Waals surface area (Å²) in [4.78, 5) is 25.7. The van der Waals surface area contributed by atoms with Gasteiger partial charge in [0.2, 0.25) is 0 Å². The van der Waals surface area contributed by atoms with Gasteiger partial charge >= 0.3 is 46.9 Å². The predicted molar refractivity (Wildman–Crippen MR) is 242 cm³/mol. The fraction of sp³-hybridized carbons (Fsp3) is 0.333. The lowest BCUT2D eigenvalue weighted by Crippen LogP contribution is -2.34. The minimum absolute atomic E-state index is 0.0415. The molecule has 6 aromatic rings. The molecule has 0 aliphatic carbocycles. The number of phenols is 1. The number of furan rings is 2. The van der Waals surface area contributed by atoms with Gasteiger partial charge in [0.1, 0.15) is 11.5 Å².